The summed E-state index contributed by atoms with van der Waals surface area (Å²) in [5, 5.41) is 18.8. The van der Waals surface area contributed by atoms with Crippen molar-refractivity contribution in [2.45, 2.75) is 23.8 Å². The van der Waals surface area contributed by atoms with Crippen molar-refractivity contribution < 1.29 is 18.3 Å². The van der Waals surface area contributed by atoms with E-state index in [0.29, 0.717) is 29.9 Å². The standard InChI is InChI=1S/C20H18N4O5S/c21-12-13-3-5-14(6-4-13)29-15-7-9-16(10-8-15)30(27,28)24-11-1-2-17(24)18-19(25)23-20(26)22-18/h3-10,17,25H,1-2,11H2,(H2,22,23,26)/t17-/m1/s1. The normalized spacial score (nSPS) is 17.0. The first-order chi connectivity index (χ1) is 14.4. The Hall–Kier alpha value is -3.55. The van der Waals surface area contributed by atoms with E-state index in [9.17, 15) is 18.3 Å². The van der Waals surface area contributed by atoms with Crippen molar-refractivity contribution in [3.8, 4) is 23.4 Å². The highest BCUT2D eigenvalue weighted by molar-refractivity contribution is 7.89. The number of hydrogen-bond donors (Lipinski definition) is 3. The molecule has 3 N–H and O–H groups in total. The van der Waals surface area contributed by atoms with Crippen LogP contribution in [0.1, 0.15) is 30.1 Å². The summed E-state index contributed by atoms with van der Waals surface area (Å²) in [5.74, 6) is 0.624. The zero-order valence-electron chi connectivity index (χ0n) is 15.7. The maximum Gasteiger partial charge on any atom is 0.326 e. The summed E-state index contributed by atoms with van der Waals surface area (Å²) in [6.45, 7) is 0.281. The van der Waals surface area contributed by atoms with Crippen molar-refractivity contribution in [1.29, 1.82) is 5.26 Å². The maximum absolute atomic E-state index is 13.1. The second kappa shape index (κ2) is 7.70. The molecule has 2 aromatic carbocycles. The molecule has 1 fully saturated rings. The van der Waals surface area contributed by atoms with Crippen LogP contribution in [0, 0.1) is 11.3 Å². The summed E-state index contributed by atoms with van der Waals surface area (Å²) >= 11 is 0. The van der Waals surface area contributed by atoms with Crippen LogP contribution in [0.15, 0.2) is 58.2 Å². The molecule has 1 atom stereocenters. The fraction of sp³-hybridized carbons (Fsp3) is 0.200. The van der Waals surface area contributed by atoms with Gasteiger partial charge in [-0.2, -0.15) is 9.57 Å². The van der Waals surface area contributed by atoms with E-state index in [1.165, 1.54) is 16.4 Å². The first-order valence-electron chi connectivity index (χ1n) is 9.19. The fourth-order valence-corrected chi connectivity index (χ4v) is 5.16. The Morgan fingerprint density at radius 2 is 1.70 bits per heavy atom. The Bertz CT molecular complexity index is 1250. The summed E-state index contributed by atoms with van der Waals surface area (Å²) in [6, 6.07) is 13.9. The Kier molecular flexibility index (Phi) is 5.07. The third-order valence-corrected chi connectivity index (χ3v) is 6.84. The summed E-state index contributed by atoms with van der Waals surface area (Å²) in [6.07, 6.45) is 1.09. The molecule has 0 spiro atoms. The minimum atomic E-state index is -3.85. The van der Waals surface area contributed by atoms with Crippen LogP contribution in [0.4, 0.5) is 0 Å². The third kappa shape index (κ3) is 3.68. The van der Waals surface area contributed by atoms with Gasteiger partial charge in [0.25, 0.3) is 0 Å². The van der Waals surface area contributed by atoms with Crippen LogP contribution in [0.25, 0.3) is 0 Å². The van der Waals surface area contributed by atoms with E-state index in [0.717, 1.165) is 0 Å². The number of nitrogens with zero attached hydrogens (tertiary/aromatic N) is 2. The number of sulfonamides is 1. The van der Waals surface area contributed by atoms with Gasteiger partial charge < -0.3 is 14.8 Å². The van der Waals surface area contributed by atoms with Crippen LogP contribution in [0.5, 0.6) is 17.4 Å². The fourth-order valence-electron chi connectivity index (χ4n) is 3.49. The van der Waals surface area contributed by atoms with Gasteiger partial charge in [0.1, 0.15) is 11.5 Å². The van der Waals surface area contributed by atoms with Gasteiger partial charge in [0.05, 0.1) is 28.3 Å². The number of aromatic hydroxyl groups is 1. The highest BCUT2D eigenvalue weighted by Gasteiger charge is 2.38. The molecule has 10 heteroatoms. The Morgan fingerprint density at radius 3 is 2.27 bits per heavy atom. The molecule has 1 aliphatic heterocycles. The molecule has 0 radical (unpaired) electrons. The third-order valence-electron chi connectivity index (χ3n) is 4.92. The number of imidazole rings is 1. The number of H-pyrrole nitrogens is 2. The van der Waals surface area contributed by atoms with Crippen LogP contribution in [-0.4, -0.2) is 34.3 Å². The summed E-state index contributed by atoms with van der Waals surface area (Å²) in [5.41, 5.74) is 0.0941. The lowest BCUT2D eigenvalue weighted by atomic mass is 10.2. The molecule has 1 aliphatic rings. The van der Waals surface area contributed by atoms with E-state index in [4.69, 9.17) is 10.00 Å². The van der Waals surface area contributed by atoms with E-state index in [2.05, 4.69) is 9.97 Å². The van der Waals surface area contributed by atoms with Gasteiger partial charge in [0, 0.05) is 6.54 Å². The molecular formula is C20H18N4O5S. The number of ether oxygens (including phenoxy) is 1. The van der Waals surface area contributed by atoms with Gasteiger partial charge in [-0.05, 0) is 61.4 Å². The average molecular weight is 426 g/mol. The molecule has 3 aromatic rings. The number of hydrogen-bond acceptors (Lipinski definition) is 6. The molecule has 154 valence electrons. The van der Waals surface area contributed by atoms with Gasteiger partial charge in [0.2, 0.25) is 15.9 Å². The van der Waals surface area contributed by atoms with Crippen molar-refractivity contribution in [3.63, 3.8) is 0 Å². The topological polar surface area (TPSA) is 139 Å². The van der Waals surface area contributed by atoms with Crippen molar-refractivity contribution in [2.75, 3.05) is 6.54 Å². The molecule has 0 amide bonds. The minimum Gasteiger partial charge on any atom is -0.493 e. The number of nitrogens with one attached hydrogen (secondary N) is 2. The summed E-state index contributed by atoms with van der Waals surface area (Å²) < 4.78 is 33.3. The second-order valence-corrected chi connectivity index (χ2v) is 8.72. The zero-order valence-corrected chi connectivity index (χ0v) is 16.5. The van der Waals surface area contributed by atoms with Crippen molar-refractivity contribution in [2.24, 2.45) is 0 Å². The van der Waals surface area contributed by atoms with Gasteiger partial charge >= 0.3 is 5.69 Å². The molecule has 0 unspecified atom stereocenters. The lowest BCUT2D eigenvalue weighted by Crippen LogP contribution is -2.31. The number of nitriles is 1. The SMILES string of the molecule is N#Cc1ccc(Oc2ccc(S(=O)(=O)N3CCC[C@@H]3c3[nH]c(=O)[nH]c3O)cc2)cc1. The maximum atomic E-state index is 13.1. The lowest BCUT2D eigenvalue weighted by Gasteiger charge is -2.23. The zero-order chi connectivity index (χ0) is 21.3. The molecule has 30 heavy (non-hydrogen) atoms. The molecule has 0 aliphatic carbocycles. The van der Waals surface area contributed by atoms with Crippen LogP contribution in [0.2, 0.25) is 0 Å². The first kappa shape index (κ1) is 19.8. The largest absolute Gasteiger partial charge is 0.493 e. The minimum absolute atomic E-state index is 0.0824. The number of aromatic nitrogens is 2. The molecule has 2 heterocycles. The van der Waals surface area contributed by atoms with E-state index >= 15 is 0 Å². The monoisotopic (exact) mass is 426 g/mol. The molecule has 0 saturated carbocycles. The van der Waals surface area contributed by atoms with E-state index in [1.807, 2.05) is 6.07 Å². The predicted octanol–water partition coefficient (Wildman–Crippen LogP) is 2.60. The van der Waals surface area contributed by atoms with Crippen LogP contribution < -0.4 is 10.4 Å². The number of aromatic amines is 2. The molecule has 4 rings (SSSR count). The molecule has 9 nitrogen and oxygen atoms in total. The van der Waals surface area contributed by atoms with E-state index in [-0.39, 0.29) is 23.0 Å². The molecule has 1 saturated heterocycles. The van der Waals surface area contributed by atoms with Crippen molar-refractivity contribution in [1.82, 2.24) is 14.3 Å². The summed E-state index contributed by atoms with van der Waals surface area (Å²) in [7, 11) is -3.85. The highest BCUT2D eigenvalue weighted by Crippen LogP contribution is 2.38. The van der Waals surface area contributed by atoms with E-state index < -0.39 is 21.8 Å². The van der Waals surface area contributed by atoms with Gasteiger partial charge in [-0.1, -0.05) is 0 Å². The van der Waals surface area contributed by atoms with Gasteiger partial charge in [0.15, 0.2) is 0 Å². The summed E-state index contributed by atoms with van der Waals surface area (Å²) in [4.78, 5) is 16.2. The van der Waals surface area contributed by atoms with Gasteiger partial charge in [-0.3, -0.25) is 4.98 Å². The lowest BCUT2D eigenvalue weighted by molar-refractivity contribution is 0.371. The van der Waals surface area contributed by atoms with Crippen molar-refractivity contribution in [3.05, 3.63) is 70.3 Å². The Balaban J connectivity index is 1.56. The number of benzene rings is 2. The molecular weight excluding hydrogens is 408 g/mol. The Morgan fingerprint density at radius 1 is 1.07 bits per heavy atom. The number of rotatable bonds is 5. The van der Waals surface area contributed by atoms with Gasteiger partial charge in [-0.15, -0.1) is 0 Å². The Labute approximate surface area is 172 Å². The average Bonchev–Trinajstić information content (AvgIpc) is 3.35. The smallest absolute Gasteiger partial charge is 0.326 e. The first-order valence-corrected chi connectivity index (χ1v) is 10.6. The van der Waals surface area contributed by atoms with Crippen LogP contribution in [0.3, 0.4) is 0 Å². The van der Waals surface area contributed by atoms with Crippen LogP contribution in [-0.2, 0) is 10.0 Å². The van der Waals surface area contributed by atoms with E-state index in [1.54, 1.807) is 36.4 Å². The quantitative estimate of drug-likeness (QED) is 0.573. The molecule has 1 aromatic heterocycles. The van der Waals surface area contributed by atoms with Crippen LogP contribution >= 0.6 is 0 Å². The van der Waals surface area contributed by atoms with Gasteiger partial charge in [-0.25, -0.2) is 13.2 Å². The predicted molar refractivity (Wildman–Crippen MR) is 107 cm³/mol. The molecule has 0 bridgehead atoms. The highest BCUT2D eigenvalue weighted by atomic mass is 32.2. The second-order valence-electron chi connectivity index (χ2n) is 6.82. The van der Waals surface area contributed by atoms with Crippen molar-refractivity contribution >= 4 is 10.0 Å².